The SMILES string of the molecule is O=C(O)c1c(Br)cccc1OCC(F)(F)C(F)F. The van der Waals surface area contributed by atoms with Crippen molar-refractivity contribution in [3.05, 3.63) is 28.2 Å². The highest BCUT2D eigenvalue weighted by molar-refractivity contribution is 9.10. The highest BCUT2D eigenvalue weighted by Gasteiger charge is 2.42. The van der Waals surface area contributed by atoms with Crippen LogP contribution in [0.25, 0.3) is 0 Å². The minimum Gasteiger partial charge on any atom is -0.486 e. The molecule has 0 aliphatic rings. The Labute approximate surface area is 107 Å². The van der Waals surface area contributed by atoms with E-state index in [4.69, 9.17) is 5.11 Å². The van der Waals surface area contributed by atoms with Crippen LogP contribution in [0.3, 0.4) is 0 Å². The van der Waals surface area contributed by atoms with Crippen LogP contribution in [0.5, 0.6) is 5.75 Å². The summed E-state index contributed by atoms with van der Waals surface area (Å²) in [6.07, 6.45) is -3.88. The molecule has 0 saturated heterocycles. The molecule has 0 atom stereocenters. The van der Waals surface area contributed by atoms with E-state index in [0.717, 1.165) is 6.07 Å². The molecule has 0 aliphatic carbocycles. The van der Waals surface area contributed by atoms with E-state index in [0.29, 0.717) is 0 Å². The second-order valence-corrected chi connectivity index (χ2v) is 4.12. The van der Waals surface area contributed by atoms with Gasteiger partial charge in [0, 0.05) is 4.47 Å². The molecule has 3 nitrogen and oxygen atoms in total. The molecule has 0 aliphatic heterocycles. The number of ether oxygens (including phenoxy) is 1. The first-order chi connectivity index (χ1) is 8.25. The zero-order chi connectivity index (χ0) is 13.9. The van der Waals surface area contributed by atoms with Crippen molar-refractivity contribution in [2.75, 3.05) is 6.61 Å². The average molecular weight is 331 g/mol. The lowest BCUT2D eigenvalue weighted by molar-refractivity contribution is -0.148. The predicted octanol–water partition coefficient (Wildman–Crippen LogP) is 3.43. The Kier molecular flexibility index (Phi) is 4.55. The minimum atomic E-state index is -4.34. The molecular weight excluding hydrogens is 324 g/mol. The fourth-order valence-electron chi connectivity index (χ4n) is 1.07. The summed E-state index contributed by atoms with van der Waals surface area (Å²) in [5, 5.41) is 8.84. The smallest absolute Gasteiger partial charge is 0.340 e. The summed E-state index contributed by atoms with van der Waals surface area (Å²) in [5.74, 6) is -6.16. The summed E-state index contributed by atoms with van der Waals surface area (Å²) in [4.78, 5) is 10.9. The van der Waals surface area contributed by atoms with E-state index >= 15 is 0 Å². The molecule has 0 spiro atoms. The molecule has 8 heteroatoms. The van der Waals surface area contributed by atoms with Crippen LogP contribution >= 0.6 is 15.9 Å². The predicted molar refractivity (Wildman–Crippen MR) is 57.5 cm³/mol. The summed E-state index contributed by atoms with van der Waals surface area (Å²) < 4.78 is 53.6. The largest absolute Gasteiger partial charge is 0.486 e. The third-order valence-corrected chi connectivity index (χ3v) is 2.59. The molecule has 1 aromatic carbocycles. The van der Waals surface area contributed by atoms with Gasteiger partial charge < -0.3 is 9.84 Å². The van der Waals surface area contributed by atoms with E-state index in [1.165, 1.54) is 12.1 Å². The zero-order valence-electron chi connectivity index (χ0n) is 8.67. The van der Waals surface area contributed by atoms with Crippen LogP contribution in [0.4, 0.5) is 17.6 Å². The molecule has 0 amide bonds. The molecule has 0 heterocycles. The van der Waals surface area contributed by atoms with Gasteiger partial charge in [0.1, 0.15) is 11.3 Å². The fraction of sp³-hybridized carbons (Fsp3) is 0.300. The van der Waals surface area contributed by atoms with Crippen LogP contribution in [0.2, 0.25) is 0 Å². The van der Waals surface area contributed by atoms with Crippen LogP contribution in [0.1, 0.15) is 10.4 Å². The molecule has 0 unspecified atom stereocenters. The van der Waals surface area contributed by atoms with E-state index in [1.54, 1.807) is 0 Å². The van der Waals surface area contributed by atoms with E-state index in [9.17, 15) is 22.4 Å². The first kappa shape index (κ1) is 14.7. The van der Waals surface area contributed by atoms with Gasteiger partial charge in [0.25, 0.3) is 0 Å². The molecule has 0 radical (unpaired) electrons. The molecule has 0 saturated carbocycles. The number of rotatable bonds is 5. The number of alkyl halides is 4. The molecule has 1 aromatic rings. The third-order valence-electron chi connectivity index (χ3n) is 1.93. The Balaban J connectivity index is 2.92. The maximum atomic E-state index is 12.6. The lowest BCUT2D eigenvalue weighted by atomic mass is 10.2. The number of halogens is 5. The van der Waals surface area contributed by atoms with E-state index < -0.39 is 36.2 Å². The van der Waals surface area contributed by atoms with E-state index in [1.807, 2.05) is 0 Å². The highest BCUT2D eigenvalue weighted by atomic mass is 79.9. The van der Waals surface area contributed by atoms with Gasteiger partial charge in [-0.3, -0.25) is 0 Å². The van der Waals surface area contributed by atoms with Gasteiger partial charge in [0.05, 0.1) is 0 Å². The molecule has 1 N–H and O–H groups in total. The minimum absolute atomic E-state index is 0.105. The Morgan fingerprint density at radius 2 is 2.06 bits per heavy atom. The number of aromatic carboxylic acids is 1. The second kappa shape index (κ2) is 5.55. The van der Waals surface area contributed by atoms with Crippen LogP contribution < -0.4 is 4.74 Å². The topological polar surface area (TPSA) is 46.5 Å². The summed E-state index contributed by atoms with van der Waals surface area (Å²) in [7, 11) is 0. The molecule has 0 aromatic heterocycles. The van der Waals surface area contributed by atoms with Crippen LogP contribution in [-0.2, 0) is 0 Å². The maximum absolute atomic E-state index is 12.6. The van der Waals surface area contributed by atoms with Gasteiger partial charge in [-0.15, -0.1) is 0 Å². The van der Waals surface area contributed by atoms with Crippen molar-refractivity contribution in [3.63, 3.8) is 0 Å². The summed E-state index contributed by atoms with van der Waals surface area (Å²) >= 11 is 2.90. The molecular formula is C10H7BrF4O3. The number of hydrogen-bond acceptors (Lipinski definition) is 2. The average Bonchev–Trinajstić information content (AvgIpc) is 2.25. The van der Waals surface area contributed by atoms with Gasteiger partial charge in [-0.2, -0.15) is 8.78 Å². The van der Waals surface area contributed by atoms with Crippen LogP contribution in [0.15, 0.2) is 22.7 Å². The maximum Gasteiger partial charge on any atom is 0.340 e. The quantitative estimate of drug-likeness (QED) is 0.841. The number of benzene rings is 1. The van der Waals surface area contributed by atoms with Crippen molar-refractivity contribution in [1.29, 1.82) is 0 Å². The Bertz CT molecular complexity index is 451. The second-order valence-electron chi connectivity index (χ2n) is 3.27. The van der Waals surface area contributed by atoms with Crippen molar-refractivity contribution in [2.24, 2.45) is 0 Å². The van der Waals surface area contributed by atoms with Crippen LogP contribution in [-0.4, -0.2) is 30.0 Å². The highest BCUT2D eigenvalue weighted by Crippen LogP contribution is 2.29. The number of hydrogen-bond donors (Lipinski definition) is 1. The molecule has 0 bridgehead atoms. The standard InChI is InChI=1S/C10H7BrF4O3/c11-5-2-1-3-6(7(5)8(16)17)18-4-10(14,15)9(12)13/h1-3,9H,4H2,(H,16,17). The number of carbonyl (C=O) groups is 1. The van der Waals surface area contributed by atoms with Crippen LogP contribution in [0, 0.1) is 0 Å². The fourth-order valence-corrected chi connectivity index (χ4v) is 1.59. The monoisotopic (exact) mass is 330 g/mol. The molecule has 0 fully saturated rings. The lowest BCUT2D eigenvalue weighted by Gasteiger charge is -2.17. The van der Waals surface area contributed by atoms with Gasteiger partial charge in [-0.1, -0.05) is 6.07 Å². The third kappa shape index (κ3) is 3.34. The summed E-state index contributed by atoms with van der Waals surface area (Å²) in [5.41, 5.74) is -0.400. The van der Waals surface area contributed by atoms with Crippen molar-refractivity contribution in [2.45, 2.75) is 12.3 Å². The Hall–Kier alpha value is -1.31. The first-order valence-electron chi connectivity index (χ1n) is 4.56. The summed E-state index contributed by atoms with van der Waals surface area (Å²) in [6, 6.07) is 3.81. The molecule has 18 heavy (non-hydrogen) atoms. The van der Waals surface area contributed by atoms with Gasteiger partial charge in [0.15, 0.2) is 6.61 Å². The first-order valence-corrected chi connectivity index (χ1v) is 5.35. The van der Waals surface area contributed by atoms with Gasteiger partial charge in [-0.25, -0.2) is 13.6 Å². The normalized spacial score (nSPS) is 11.7. The van der Waals surface area contributed by atoms with Gasteiger partial charge >= 0.3 is 18.3 Å². The van der Waals surface area contributed by atoms with Crippen molar-refractivity contribution in [3.8, 4) is 5.75 Å². The van der Waals surface area contributed by atoms with Crippen molar-refractivity contribution < 1.29 is 32.2 Å². The molecule has 100 valence electrons. The zero-order valence-corrected chi connectivity index (χ0v) is 10.3. The van der Waals surface area contributed by atoms with E-state index in [2.05, 4.69) is 20.7 Å². The molecule has 1 rings (SSSR count). The van der Waals surface area contributed by atoms with Gasteiger partial charge in [-0.05, 0) is 28.1 Å². The van der Waals surface area contributed by atoms with Gasteiger partial charge in [0.2, 0.25) is 0 Å². The van der Waals surface area contributed by atoms with Crippen molar-refractivity contribution >= 4 is 21.9 Å². The lowest BCUT2D eigenvalue weighted by Crippen LogP contribution is -2.34. The summed E-state index contributed by atoms with van der Waals surface area (Å²) in [6.45, 7) is -1.60. The number of carboxylic acid groups (broad SMARTS) is 1. The Morgan fingerprint density at radius 3 is 2.56 bits per heavy atom. The Morgan fingerprint density at radius 1 is 1.44 bits per heavy atom. The van der Waals surface area contributed by atoms with Crippen molar-refractivity contribution in [1.82, 2.24) is 0 Å². The van der Waals surface area contributed by atoms with E-state index in [-0.39, 0.29) is 4.47 Å². The number of carboxylic acids is 1.